The van der Waals surface area contributed by atoms with Gasteiger partial charge in [0.25, 0.3) is 0 Å². The second-order valence-electron chi connectivity index (χ2n) is 7.11. The van der Waals surface area contributed by atoms with Gasteiger partial charge in [0, 0.05) is 29.9 Å². The lowest BCUT2D eigenvalue weighted by atomic mass is 9.68. The Hall–Kier alpha value is -2.35. The van der Waals surface area contributed by atoms with Gasteiger partial charge >= 0.3 is 0 Å². The molecule has 1 atom stereocenters. The maximum atomic E-state index is 13.0. The van der Waals surface area contributed by atoms with Crippen molar-refractivity contribution in [2.75, 3.05) is 13.1 Å². The molecule has 24 heavy (non-hydrogen) atoms. The minimum absolute atomic E-state index is 0.193. The van der Waals surface area contributed by atoms with Gasteiger partial charge in [0.05, 0.1) is 5.92 Å². The molecule has 120 valence electrons. The number of likely N-dealkylation sites (tertiary alicyclic amines) is 1. The second-order valence-corrected chi connectivity index (χ2v) is 7.11. The molecule has 1 aliphatic heterocycles. The van der Waals surface area contributed by atoms with Crippen LogP contribution in [0.3, 0.4) is 0 Å². The minimum atomic E-state index is 0.193. The third-order valence-electron chi connectivity index (χ3n) is 5.78. The highest BCUT2D eigenvalue weighted by atomic mass is 16.1. The molecule has 2 heteroatoms. The Balaban J connectivity index is 1.72. The first-order valence-corrected chi connectivity index (χ1v) is 9.05. The average Bonchev–Trinajstić information content (AvgIpc) is 2.66. The lowest BCUT2D eigenvalue weighted by molar-refractivity contribution is 0.103. The lowest BCUT2D eigenvalue weighted by Crippen LogP contribution is -2.36. The number of carbonyl (C=O) groups is 1. The standard InChI is InChI=1S/C22H21NO/c24-22-17-9-3-2-8-16(17)21-19(23-13-4-1-5-14-23)12-11-15-7-6-10-18(22)20(15)21/h2-3,6,8-12,21H,1,4-5,7,13-14H2. The summed E-state index contributed by atoms with van der Waals surface area (Å²) < 4.78 is 0. The van der Waals surface area contributed by atoms with E-state index in [0.717, 1.165) is 30.6 Å². The van der Waals surface area contributed by atoms with E-state index in [1.165, 1.54) is 41.7 Å². The van der Waals surface area contributed by atoms with Gasteiger partial charge in [-0.1, -0.05) is 42.5 Å². The van der Waals surface area contributed by atoms with Crippen LogP contribution in [-0.4, -0.2) is 23.8 Å². The summed E-state index contributed by atoms with van der Waals surface area (Å²) in [6.45, 7) is 2.28. The van der Waals surface area contributed by atoms with Crippen LogP contribution in [0.5, 0.6) is 0 Å². The Morgan fingerprint density at radius 3 is 2.71 bits per heavy atom. The van der Waals surface area contributed by atoms with E-state index >= 15 is 0 Å². The zero-order valence-corrected chi connectivity index (χ0v) is 13.8. The van der Waals surface area contributed by atoms with Gasteiger partial charge in [-0.2, -0.15) is 0 Å². The van der Waals surface area contributed by atoms with Crippen LogP contribution < -0.4 is 0 Å². The largest absolute Gasteiger partial charge is 0.374 e. The molecule has 1 aromatic rings. The molecular weight excluding hydrogens is 294 g/mol. The van der Waals surface area contributed by atoms with Crippen molar-refractivity contribution in [3.63, 3.8) is 0 Å². The van der Waals surface area contributed by atoms with E-state index < -0.39 is 0 Å². The molecule has 0 spiro atoms. The third-order valence-corrected chi connectivity index (χ3v) is 5.78. The van der Waals surface area contributed by atoms with Gasteiger partial charge in [-0.05, 0) is 48.5 Å². The summed E-state index contributed by atoms with van der Waals surface area (Å²) in [6.07, 6.45) is 13.6. The Morgan fingerprint density at radius 1 is 1.00 bits per heavy atom. The van der Waals surface area contributed by atoms with Crippen LogP contribution in [0.15, 0.2) is 71.0 Å². The maximum Gasteiger partial charge on any atom is 0.193 e. The van der Waals surface area contributed by atoms with E-state index in [2.05, 4.69) is 41.3 Å². The van der Waals surface area contributed by atoms with E-state index in [1.807, 2.05) is 12.1 Å². The third kappa shape index (κ3) is 1.92. The zero-order chi connectivity index (χ0) is 16.1. The number of Topliss-reactive ketones (excluding diaryl/α,β-unsaturated/α-hetero) is 1. The quantitative estimate of drug-likeness (QED) is 0.758. The first kappa shape index (κ1) is 14.0. The van der Waals surface area contributed by atoms with Gasteiger partial charge < -0.3 is 4.90 Å². The van der Waals surface area contributed by atoms with Crippen molar-refractivity contribution in [3.05, 3.63) is 82.1 Å². The van der Waals surface area contributed by atoms with Gasteiger partial charge in [0.2, 0.25) is 0 Å². The van der Waals surface area contributed by atoms with E-state index in [1.54, 1.807) is 0 Å². The van der Waals surface area contributed by atoms with Crippen LogP contribution in [0.1, 0.15) is 47.5 Å². The summed E-state index contributed by atoms with van der Waals surface area (Å²) in [5.74, 6) is 0.426. The minimum Gasteiger partial charge on any atom is -0.374 e. The predicted octanol–water partition coefficient (Wildman–Crippen LogP) is 4.53. The zero-order valence-electron chi connectivity index (χ0n) is 13.8. The normalized spacial score (nSPS) is 25.1. The molecule has 0 amide bonds. The Kier molecular flexibility index (Phi) is 3.12. The smallest absolute Gasteiger partial charge is 0.193 e. The van der Waals surface area contributed by atoms with Crippen LogP contribution >= 0.6 is 0 Å². The van der Waals surface area contributed by atoms with E-state index in [4.69, 9.17) is 0 Å². The molecule has 0 radical (unpaired) electrons. The van der Waals surface area contributed by atoms with Crippen molar-refractivity contribution < 1.29 is 4.79 Å². The molecule has 4 aliphatic rings. The fourth-order valence-corrected chi connectivity index (χ4v) is 4.66. The molecule has 0 N–H and O–H groups in total. The van der Waals surface area contributed by atoms with E-state index in [0.29, 0.717) is 0 Å². The number of piperidine rings is 1. The number of benzene rings is 1. The van der Waals surface area contributed by atoms with Gasteiger partial charge in [0.1, 0.15) is 0 Å². The first-order chi connectivity index (χ1) is 11.8. The SMILES string of the molecule is O=C1C2=C3C(=CC=C(N4CCCCC4)C3c3ccccc31)CC=C2. The molecule has 5 rings (SSSR count). The highest BCUT2D eigenvalue weighted by molar-refractivity contribution is 6.14. The number of allylic oxidation sites excluding steroid dienone is 7. The first-order valence-electron chi connectivity index (χ1n) is 9.05. The summed E-state index contributed by atoms with van der Waals surface area (Å²) in [5.41, 5.74) is 6.97. The highest BCUT2D eigenvalue weighted by Crippen LogP contribution is 2.49. The summed E-state index contributed by atoms with van der Waals surface area (Å²) in [4.78, 5) is 15.5. The number of hydrogen-bond acceptors (Lipinski definition) is 2. The van der Waals surface area contributed by atoms with E-state index in [9.17, 15) is 4.79 Å². The van der Waals surface area contributed by atoms with Crippen molar-refractivity contribution in [1.82, 2.24) is 4.90 Å². The van der Waals surface area contributed by atoms with Crippen molar-refractivity contribution in [2.24, 2.45) is 0 Å². The molecule has 0 bridgehead atoms. The number of rotatable bonds is 1. The Labute approximate surface area is 142 Å². The van der Waals surface area contributed by atoms with Gasteiger partial charge in [-0.15, -0.1) is 0 Å². The molecule has 0 aromatic heterocycles. The summed E-state index contributed by atoms with van der Waals surface area (Å²) in [7, 11) is 0. The molecule has 1 aromatic carbocycles. The number of carbonyl (C=O) groups excluding carboxylic acids is 1. The number of hydrogen-bond donors (Lipinski definition) is 0. The van der Waals surface area contributed by atoms with Crippen LogP contribution in [0.4, 0.5) is 0 Å². The van der Waals surface area contributed by atoms with Crippen molar-refractivity contribution in [2.45, 2.75) is 31.6 Å². The molecule has 1 saturated heterocycles. The van der Waals surface area contributed by atoms with Crippen LogP contribution in [0.25, 0.3) is 0 Å². The fraction of sp³-hybridized carbons (Fsp3) is 0.318. The lowest BCUT2D eigenvalue weighted by Gasteiger charge is -2.42. The number of nitrogens with zero attached hydrogens (tertiary/aromatic N) is 1. The summed E-state index contributed by atoms with van der Waals surface area (Å²) in [5, 5.41) is 0. The van der Waals surface area contributed by atoms with Gasteiger partial charge in [0.15, 0.2) is 5.78 Å². The molecule has 1 fully saturated rings. The number of fused-ring (bicyclic) bond motifs is 2. The van der Waals surface area contributed by atoms with Gasteiger partial charge in [-0.25, -0.2) is 0 Å². The van der Waals surface area contributed by atoms with Crippen molar-refractivity contribution in [3.8, 4) is 0 Å². The van der Waals surface area contributed by atoms with Crippen LogP contribution in [-0.2, 0) is 0 Å². The van der Waals surface area contributed by atoms with Crippen LogP contribution in [0.2, 0.25) is 0 Å². The molecular formula is C22H21NO. The molecule has 2 nitrogen and oxygen atoms in total. The monoisotopic (exact) mass is 315 g/mol. The topological polar surface area (TPSA) is 20.3 Å². The summed E-state index contributed by atoms with van der Waals surface area (Å²) in [6, 6.07) is 8.21. The fourth-order valence-electron chi connectivity index (χ4n) is 4.66. The molecule has 0 saturated carbocycles. The molecule has 1 unspecified atom stereocenters. The van der Waals surface area contributed by atoms with Crippen molar-refractivity contribution in [1.29, 1.82) is 0 Å². The van der Waals surface area contributed by atoms with Crippen LogP contribution in [0, 0.1) is 0 Å². The average molecular weight is 315 g/mol. The Bertz CT molecular complexity index is 846. The Morgan fingerprint density at radius 2 is 1.83 bits per heavy atom. The second kappa shape index (κ2) is 5.34. The maximum absolute atomic E-state index is 13.0. The molecule has 3 aliphatic carbocycles. The van der Waals surface area contributed by atoms with Gasteiger partial charge in [-0.3, -0.25) is 4.79 Å². The number of ketones is 1. The highest BCUT2D eigenvalue weighted by Gasteiger charge is 2.39. The predicted molar refractivity (Wildman–Crippen MR) is 95.9 cm³/mol. The molecule has 1 heterocycles. The van der Waals surface area contributed by atoms with Crippen molar-refractivity contribution >= 4 is 5.78 Å². The van der Waals surface area contributed by atoms with E-state index in [-0.39, 0.29) is 11.7 Å². The summed E-state index contributed by atoms with van der Waals surface area (Å²) >= 11 is 0.